The van der Waals surface area contributed by atoms with Gasteiger partial charge in [0.25, 0.3) is 5.91 Å². The summed E-state index contributed by atoms with van der Waals surface area (Å²) in [6.07, 6.45) is 1.79. The Morgan fingerprint density at radius 3 is 2.48 bits per heavy atom. The van der Waals surface area contributed by atoms with Gasteiger partial charge in [0.2, 0.25) is 0 Å². The second-order valence-electron chi connectivity index (χ2n) is 8.70. The Kier molecular flexibility index (Phi) is 7.05. The Labute approximate surface area is 195 Å². The monoisotopic (exact) mass is 475 g/mol. The number of nitrogens with zero attached hydrogens (tertiary/aromatic N) is 1. The number of aromatic nitrogens is 1. The van der Waals surface area contributed by atoms with Gasteiger partial charge in [-0.15, -0.1) is 0 Å². The van der Waals surface area contributed by atoms with Gasteiger partial charge in [0.05, 0.1) is 5.56 Å². The van der Waals surface area contributed by atoms with Crippen LogP contribution in [0.4, 0.5) is 13.2 Å². The molecule has 1 aliphatic carbocycles. The minimum absolute atomic E-state index is 0.455. The van der Waals surface area contributed by atoms with E-state index in [4.69, 9.17) is 5.73 Å². The van der Waals surface area contributed by atoms with Crippen LogP contribution in [-0.2, 0) is 6.54 Å². The minimum atomic E-state index is -4.27. The van der Waals surface area contributed by atoms with Crippen LogP contribution in [0.25, 0.3) is 22.0 Å². The van der Waals surface area contributed by atoms with Crippen molar-refractivity contribution in [3.05, 3.63) is 53.7 Å². The van der Waals surface area contributed by atoms with Crippen LogP contribution >= 0.6 is 11.9 Å². The van der Waals surface area contributed by atoms with Gasteiger partial charge in [-0.1, -0.05) is 49.6 Å². The van der Waals surface area contributed by atoms with Crippen LogP contribution in [0.2, 0.25) is 0 Å². The zero-order valence-electron chi connectivity index (χ0n) is 18.5. The number of rotatable bonds is 7. The molecular formula is C25H28F3N3OS. The molecule has 1 aromatic heterocycles. The smallest absolute Gasteiger partial charge is 0.366 e. The van der Waals surface area contributed by atoms with E-state index in [9.17, 15) is 18.0 Å². The SMILES string of the molecule is Cc1c(C(N)=O)cc(-c2ccc(SNCC(F)(F)F)c3ccccc23)n1CC1CCCCC1. The molecular weight excluding hydrogens is 447 g/mol. The third-order valence-corrected chi connectivity index (χ3v) is 7.28. The lowest BCUT2D eigenvalue weighted by Gasteiger charge is -2.24. The van der Waals surface area contributed by atoms with E-state index in [1.807, 2.05) is 49.4 Å². The third-order valence-electron chi connectivity index (χ3n) is 6.41. The topological polar surface area (TPSA) is 60.1 Å². The Morgan fingerprint density at radius 1 is 1.12 bits per heavy atom. The van der Waals surface area contributed by atoms with Gasteiger partial charge in [-0.3, -0.25) is 9.52 Å². The highest BCUT2D eigenvalue weighted by atomic mass is 32.2. The summed E-state index contributed by atoms with van der Waals surface area (Å²) in [5.41, 5.74) is 8.91. The van der Waals surface area contributed by atoms with Crippen LogP contribution in [0, 0.1) is 12.8 Å². The van der Waals surface area contributed by atoms with Gasteiger partial charge in [-0.05, 0) is 60.5 Å². The van der Waals surface area contributed by atoms with E-state index in [0.717, 1.165) is 51.1 Å². The lowest BCUT2D eigenvalue weighted by atomic mass is 9.89. The zero-order valence-corrected chi connectivity index (χ0v) is 19.4. The second-order valence-corrected chi connectivity index (χ2v) is 9.64. The predicted molar refractivity (Wildman–Crippen MR) is 127 cm³/mol. The molecule has 1 amide bonds. The molecule has 4 rings (SSSR count). The molecule has 0 aliphatic heterocycles. The highest BCUT2D eigenvalue weighted by Crippen LogP contribution is 2.37. The van der Waals surface area contributed by atoms with Gasteiger partial charge in [-0.2, -0.15) is 13.2 Å². The van der Waals surface area contributed by atoms with Gasteiger partial charge >= 0.3 is 6.18 Å². The molecule has 33 heavy (non-hydrogen) atoms. The predicted octanol–water partition coefficient (Wildman–Crippen LogP) is 6.45. The molecule has 0 spiro atoms. The van der Waals surface area contributed by atoms with Crippen molar-refractivity contribution in [1.29, 1.82) is 0 Å². The van der Waals surface area contributed by atoms with Crippen molar-refractivity contribution in [1.82, 2.24) is 9.29 Å². The number of halogens is 3. The number of primary amides is 1. The lowest BCUT2D eigenvalue weighted by molar-refractivity contribution is -0.120. The summed E-state index contributed by atoms with van der Waals surface area (Å²) in [4.78, 5) is 12.9. The lowest BCUT2D eigenvalue weighted by Crippen LogP contribution is -2.23. The molecule has 4 nitrogen and oxygen atoms in total. The first-order valence-corrected chi connectivity index (χ1v) is 12.0. The number of benzene rings is 2. The fourth-order valence-electron chi connectivity index (χ4n) is 4.76. The Hall–Kier alpha value is -2.45. The van der Waals surface area contributed by atoms with E-state index in [-0.39, 0.29) is 0 Å². The number of nitrogens with two attached hydrogens (primary N) is 1. The summed E-state index contributed by atoms with van der Waals surface area (Å²) < 4.78 is 42.4. The molecule has 1 aliphatic rings. The number of carbonyl (C=O) groups excluding carboxylic acids is 1. The van der Waals surface area contributed by atoms with Crippen molar-refractivity contribution >= 4 is 28.6 Å². The molecule has 0 radical (unpaired) electrons. The van der Waals surface area contributed by atoms with Crippen LogP contribution in [0.15, 0.2) is 47.4 Å². The number of hydrogen-bond acceptors (Lipinski definition) is 3. The molecule has 1 saturated carbocycles. The highest BCUT2D eigenvalue weighted by molar-refractivity contribution is 7.97. The van der Waals surface area contributed by atoms with Crippen molar-refractivity contribution in [2.24, 2.45) is 11.7 Å². The van der Waals surface area contributed by atoms with Crippen LogP contribution < -0.4 is 10.5 Å². The van der Waals surface area contributed by atoms with Crippen molar-refractivity contribution < 1.29 is 18.0 Å². The highest BCUT2D eigenvalue weighted by Gasteiger charge is 2.27. The Balaban J connectivity index is 1.76. The number of hydrogen-bond donors (Lipinski definition) is 2. The molecule has 3 N–H and O–H groups in total. The fourth-order valence-corrected chi connectivity index (χ4v) is 5.58. The van der Waals surface area contributed by atoms with Crippen molar-refractivity contribution in [2.75, 3.05) is 6.54 Å². The van der Waals surface area contributed by atoms with E-state index >= 15 is 0 Å². The third kappa shape index (κ3) is 5.38. The van der Waals surface area contributed by atoms with Crippen molar-refractivity contribution in [3.63, 3.8) is 0 Å². The van der Waals surface area contributed by atoms with E-state index in [1.54, 1.807) is 0 Å². The largest absolute Gasteiger partial charge is 0.402 e. The Bertz CT molecular complexity index is 1150. The summed E-state index contributed by atoms with van der Waals surface area (Å²) in [5, 5.41) is 1.79. The van der Waals surface area contributed by atoms with Gasteiger partial charge in [0.1, 0.15) is 6.54 Å². The average molecular weight is 476 g/mol. The molecule has 0 bridgehead atoms. The van der Waals surface area contributed by atoms with Crippen LogP contribution in [0.1, 0.15) is 48.2 Å². The van der Waals surface area contributed by atoms with Crippen molar-refractivity contribution in [3.8, 4) is 11.3 Å². The number of carbonyl (C=O) groups is 1. The van der Waals surface area contributed by atoms with Crippen LogP contribution in [-0.4, -0.2) is 23.2 Å². The Morgan fingerprint density at radius 2 is 1.82 bits per heavy atom. The molecule has 0 atom stereocenters. The maximum absolute atomic E-state index is 12.6. The molecule has 176 valence electrons. The molecule has 1 heterocycles. The quantitative estimate of drug-likeness (QED) is 0.386. The molecule has 2 aromatic carbocycles. The maximum atomic E-state index is 12.6. The van der Waals surface area contributed by atoms with Crippen molar-refractivity contribution in [2.45, 2.75) is 56.6 Å². The normalized spacial score (nSPS) is 15.3. The summed E-state index contributed by atoms with van der Waals surface area (Å²) in [5.74, 6) is 0.0981. The molecule has 0 saturated heterocycles. The molecule has 0 unspecified atom stereocenters. The van der Waals surface area contributed by atoms with Gasteiger partial charge in [0.15, 0.2) is 0 Å². The summed E-state index contributed by atoms with van der Waals surface area (Å²) in [7, 11) is 0. The first-order valence-electron chi connectivity index (χ1n) is 11.2. The number of fused-ring (bicyclic) bond motifs is 1. The summed E-state index contributed by atoms with van der Waals surface area (Å²) in [6, 6.07) is 13.3. The van der Waals surface area contributed by atoms with Gasteiger partial charge < -0.3 is 10.3 Å². The van der Waals surface area contributed by atoms with E-state index in [2.05, 4.69) is 9.29 Å². The fraction of sp³-hybridized carbons (Fsp3) is 0.400. The van der Waals surface area contributed by atoms with Crippen LogP contribution in [0.3, 0.4) is 0 Å². The summed E-state index contributed by atoms with van der Waals surface area (Å²) in [6.45, 7) is 1.69. The molecule has 1 fully saturated rings. The first kappa shape index (κ1) is 23.7. The molecule has 8 heteroatoms. The van der Waals surface area contributed by atoms with E-state index in [1.165, 1.54) is 32.1 Å². The summed E-state index contributed by atoms with van der Waals surface area (Å²) >= 11 is 0.976. The van der Waals surface area contributed by atoms with E-state index < -0.39 is 18.6 Å². The number of alkyl halides is 3. The minimum Gasteiger partial charge on any atom is -0.366 e. The maximum Gasteiger partial charge on any atom is 0.402 e. The van der Waals surface area contributed by atoms with E-state index in [0.29, 0.717) is 11.5 Å². The van der Waals surface area contributed by atoms with Gasteiger partial charge in [-0.25, -0.2) is 0 Å². The van der Waals surface area contributed by atoms with Gasteiger partial charge in [0, 0.05) is 28.4 Å². The molecule has 3 aromatic rings. The number of nitrogens with one attached hydrogen (secondary N) is 1. The standard InChI is InChI=1S/C25H28F3N3OS/c1-16-21(24(29)32)13-22(31(16)14-17-7-3-2-4-8-17)19-11-12-23(33-30-15-25(26,27)28)20-10-6-5-9-18(19)20/h5-6,9-13,17,30H,2-4,7-8,14-15H2,1H3,(H2,29,32). The van der Waals surface area contributed by atoms with Crippen LogP contribution in [0.5, 0.6) is 0 Å². The number of amides is 1. The second kappa shape index (κ2) is 9.81. The zero-order chi connectivity index (χ0) is 23.6. The average Bonchev–Trinajstić information content (AvgIpc) is 3.10. The first-order chi connectivity index (χ1) is 15.7.